The molecule has 3 aromatic rings. The molecule has 0 atom stereocenters. The van der Waals surface area contributed by atoms with Crippen molar-refractivity contribution in [2.45, 2.75) is 25.7 Å². The molecule has 10 heteroatoms. The average Bonchev–Trinajstić information content (AvgIpc) is 2.89. The first-order valence-electron chi connectivity index (χ1n) is 8.21. The maximum absolute atomic E-state index is 14.3. The van der Waals surface area contributed by atoms with E-state index < -0.39 is 31.3 Å². The lowest BCUT2D eigenvalue weighted by atomic mass is 10.2. The molecular formula is C18H17FN4O4S. The number of nitro benzene ring substituents is 1. The average molecular weight is 404 g/mol. The van der Waals surface area contributed by atoms with Gasteiger partial charge in [0.2, 0.25) is 0 Å². The van der Waals surface area contributed by atoms with Crippen molar-refractivity contribution < 1.29 is 17.7 Å². The van der Waals surface area contributed by atoms with Crippen LogP contribution in [0.25, 0.3) is 5.69 Å². The SMILES string of the molecule is Cc1cc(F)c(S(=O)(=O)Nc2c(C)nn(-c3ccccc3)c2C)cc1[N+](=O)[O-]. The second-order valence-corrected chi connectivity index (χ2v) is 7.88. The van der Waals surface area contributed by atoms with E-state index in [2.05, 4.69) is 9.82 Å². The van der Waals surface area contributed by atoms with Gasteiger partial charge in [0.05, 0.1) is 27.7 Å². The van der Waals surface area contributed by atoms with Crippen LogP contribution in [0.5, 0.6) is 0 Å². The standard InChI is InChI=1S/C18H17FN4O4S/c1-11-9-15(19)17(10-16(11)23(24)25)28(26,27)21-18-12(2)20-22(13(18)3)14-7-5-4-6-8-14/h4-10,21H,1-3H3. The molecule has 0 fully saturated rings. The molecule has 146 valence electrons. The minimum absolute atomic E-state index is 0.0331. The number of sulfonamides is 1. The molecule has 0 saturated heterocycles. The van der Waals surface area contributed by atoms with Crippen molar-refractivity contribution in [3.05, 3.63) is 75.3 Å². The molecule has 2 aromatic carbocycles. The van der Waals surface area contributed by atoms with Crippen LogP contribution in [-0.2, 0) is 10.0 Å². The Morgan fingerprint density at radius 2 is 1.79 bits per heavy atom. The number of nitrogens with one attached hydrogen (secondary N) is 1. The summed E-state index contributed by atoms with van der Waals surface area (Å²) in [6.45, 7) is 4.61. The molecule has 0 aliphatic rings. The van der Waals surface area contributed by atoms with E-state index >= 15 is 0 Å². The van der Waals surface area contributed by atoms with E-state index in [-0.39, 0.29) is 11.3 Å². The molecule has 0 aliphatic heterocycles. The van der Waals surface area contributed by atoms with Gasteiger partial charge in [0, 0.05) is 11.6 Å². The first-order chi connectivity index (χ1) is 13.1. The number of aromatic nitrogens is 2. The Balaban J connectivity index is 2.06. The van der Waals surface area contributed by atoms with Gasteiger partial charge in [-0.05, 0) is 39.0 Å². The van der Waals surface area contributed by atoms with Gasteiger partial charge in [0.25, 0.3) is 15.7 Å². The molecule has 28 heavy (non-hydrogen) atoms. The van der Waals surface area contributed by atoms with E-state index in [1.165, 1.54) is 6.92 Å². The van der Waals surface area contributed by atoms with E-state index in [1.807, 2.05) is 18.2 Å². The molecule has 0 radical (unpaired) electrons. The highest BCUT2D eigenvalue weighted by atomic mass is 32.2. The Labute approximate surface area is 160 Å². The molecule has 0 bridgehead atoms. The van der Waals surface area contributed by atoms with Crippen molar-refractivity contribution in [1.29, 1.82) is 0 Å². The lowest BCUT2D eigenvalue weighted by molar-refractivity contribution is -0.385. The molecule has 0 saturated carbocycles. The number of nitro groups is 1. The van der Waals surface area contributed by atoms with Crippen molar-refractivity contribution in [3.8, 4) is 5.69 Å². The Morgan fingerprint density at radius 1 is 1.14 bits per heavy atom. The van der Waals surface area contributed by atoms with E-state index in [4.69, 9.17) is 0 Å². The zero-order chi connectivity index (χ0) is 20.6. The van der Waals surface area contributed by atoms with Crippen molar-refractivity contribution >= 4 is 21.4 Å². The summed E-state index contributed by atoms with van der Waals surface area (Å²) in [5, 5.41) is 15.4. The van der Waals surface area contributed by atoms with E-state index in [9.17, 15) is 22.9 Å². The van der Waals surface area contributed by atoms with E-state index in [0.29, 0.717) is 11.4 Å². The number of hydrogen-bond acceptors (Lipinski definition) is 5. The summed E-state index contributed by atoms with van der Waals surface area (Å²) < 4.78 is 43.7. The minimum atomic E-state index is -4.41. The minimum Gasteiger partial charge on any atom is -0.276 e. The second kappa shape index (κ2) is 7.04. The molecule has 3 rings (SSSR count). The van der Waals surface area contributed by atoms with Crippen LogP contribution < -0.4 is 4.72 Å². The fourth-order valence-electron chi connectivity index (χ4n) is 2.85. The number of benzene rings is 2. The lowest BCUT2D eigenvalue weighted by Gasteiger charge is -2.10. The van der Waals surface area contributed by atoms with Crippen molar-refractivity contribution in [2.24, 2.45) is 0 Å². The summed E-state index contributed by atoms with van der Waals surface area (Å²) in [7, 11) is -4.41. The fraction of sp³-hybridized carbons (Fsp3) is 0.167. The number of rotatable bonds is 5. The summed E-state index contributed by atoms with van der Waals surface area (Å²) >= 11 is 0. The van der Waals surface area contributed by atoms with Gasteiger partial charge in [0.15, 0.2) is 0 Å². The predicted molar refractivity (Wildman–Crippen MR) is 102 cm³/mol. The third kappa shape index (κ3) is 3.46. The maximum Gasteiger partial charge on any atom is 0.273 e. The van der Waals surface area contributed by atoms with Crippen LogP contribution in [0.1, 0.15) is 17.0 Å². The number of anilines is 1. The Morgan fingerprint density at radius 3 is 2.39 bits per heavy atom. The molecule has 0 amide bonds. The van der Waals surface area contributed by atoms with Gasteiger partial charge in [-0.2, -0.15) is 5.10 Å². The van der Waals surface area contributed by atoms with E-state index in [1.54, 1.807) is 30.7 Å². The van der Waals surface area contributed by atoms with Crippen molar-refractivity contribution in [3.63, 3.8) is 0 Å². The summed E-state index contributed by atoms with van der Waals surface area (Å²) in [4.78, 5) is 9.55. The van der Waals surface area contributed by atoms with Crippen LogP contribution in [0, 0.1) is 36.7 Å². The Kier molecular flexibility index (Phi) is 4.90. The number of para-hydroxylation sites is 1. The molecule has 0 unspecified atom stereocenters. The number of hydrogen-bond donors (Lipinski definition) is 1. The lowest BCUT2D eigenvalue weighted by Crippen LogP contribution is -2.16. The highest BCUT2D eigenvalue weighted by molar-refractivity contribution is 7.92. The number of nitrogens with zero attached hydrogens (tertiary/aromatic N) is 3. The first kappa shape index (κ1) is 19.5. The van der Waals surface area contributed by atoms with Gasteiger partial charge in [-0.3, -0.25) is 14.8 Å². The topological polar surface area (TPSA) is 107 Å². The highest BCUT2D eigenvalue weighted by Gasteiger charge is 2.27. The summed E-state index contributed by atoms with van der Waals surface area (Å²) in [6, 6.07) is 10.6. The Bertz CT molecular complexity index is 1170. The fourth-order valence-corrected chi connectivity index (χ4v) is 4.10. The quantitative estimate of drug-likeness (QED) is 0.516. The van der Waals surface area contributed by atoms with Gasteiger partial charge >= 0.3 is 0 Å². The van der Waals surface area contributed by atoms with Crippen molar-refractivity contribution in [1.82, 2.24) is 9.78 Å². The molecule has 1 heterocycles. The third-order valence-electron chi connectivity index (χ3n) is 4.27. The molecule has 0 spiro atoms. The summed E-state index contributed by atoms with van der Waals surface area (Å²) in [6.07, 6.45) is 0. The Hall–Kier alpha value is -3.27. The van der Waals surface area contributed by atoms with Crippen LogP contribution in [0.15, 0.2) is 47.4 Å². The van der Waals surface area contributed by atoms with Crippen LogP contribution in [-0.4, -0.2) is 23.1 Å². The normalized spacial score (nSPS) is 11.4. The van der Waals surface area contributed by atoms with Crippen LogP contribution in [0.4, 0.5) is 15.8 Å². The smallest absolute Gasteiger partial charge is 0.273 e. The van der Waals surface area contributed by atoms with Crippen molar-refractivity contribution in [2.75, 3.05) is 4.72 Å². The monoisotopic (exact) mass is 404 g/mol. The highest BCUT2D eigenvalue weighted by Crippen LogP contribution is 2.29. The van der Waals surface area contributed by atoms with Gasteiger partial charge in [-0.1, -0.05) is 18.2 Å². The number of aryl methyl sites for hydroxylation is 2. The molecule has 1 N–H and O–H groups in total. The first-order valence-corrected chi connectivity index (χ1v) is 9.69. The molecule has 8 nitrogen and oxygen atoms in total. The number of halogens is 1. The van der Waals surface area contributed by atoms with Crippen LogP contribution in [0.3, 0.4) is 0 Å². The van der Waals surface area contributed by atoms with E-state index in [0.717, 1.165) is 17.8 Å². The molecular weight excluding hydrogens is 387 g/mol. The van der Waals surface area contributed by atoms with Crippen LogP contribution in [0.2, 0.25) is 0 Å². The van der Waals surface area contributed by atoms with Gasteiger partial charge < -0.3 is 0 Å². The second-order valence-electron chi connectivity index (χ2n) is 6.22. The third-order valence-corrected chi connectivity index (χ3v) is 5.63. The summed E-state index contributed by atoms with van der Waals surface area (Å²) in [5.74, 6) is -1.07. The van der Waals surface area contributed by atoms with Gasteiger partial charge in [-0.15, -0.1) is 0 Å². The summed E-state index contributed by atoms with van der Waals surface area (Å²) in [5.41, 5.74) is 1.35. The van der Waals surface area contributed by atoms with Gasteiger partial charge in [0.1, 0.15) is 10.7 Å². The van der Waals surface area contributed by atoms with Gasteiger partial charge in [-0.25, -0.2) is 17.5 Å². The molecule has 0 aliphatic carbocycles. The zero-order valence-electron chi connectivity index (χ0n) is 15.3. The zero-order valence-corrected chi connectivity index (χ0v) is 16.1. The maximum atomic E-state index is 14.3. The molecule has 1 aromatic heterocycles. The largest absolute Gasteiger partial charge is 0.276 e. The predicted octanol–water partition coefficient (Wildman–Crippen LogP) is 3.65. The van der Waals surface area contributed by atoms with Crippen LogP contribution >= 0.6 is 0 Å².